The van der Waals surface area contributed by atoms with Crippen molar-refractivity contribution >= 4 is 0 Å². The van der Waals surface area contributed by atoms with E-state index in [-0.39, 0.29) is 22.3 Å². The molecule has 0 unspecified atom stereocenters. The molecule has 0 aliphatic heterocycles. The minimum atomic E-state index is 0.245. The third kappa shape index (κ3) is 3.89. The number of hydrogen-bond acceptors (Lipinski definition) is 6. The minimum absolute atomic E-state index is 0.245. The van der Waals surface area contributed by atoms with E-state index in [9.17, 15) is 0 Å². The van der Waals surface area contributed by atoms with Gasteiger partial charge in [0.2, 0.25) is 0 Å². The highest BCUT2D eigenvalue weighted by Crippen LogP contribution is 2.28. The molecule has 0 amide bonds. The number of benzene rings is 3. The zero-order valence-corrected chi connectivity index (χ0v) is 14.4. The van der Waals surface area contributed by atoms with Gasteiger partial charge in [0.15, 0.2) is 0 Å². The maximum absolute atomic E-state index is 9.08. The predicted molar refractivity (Wildman–Crippen MR) is 98.3 cm³/mol. The van der Waals surface area contributed by atoms with E-state index in [1.165, 1.54) is 24.3 Å². The number of hydrogen-bond donors (Lipinski definition) is 0. The van der Waals surface area contributed by atoms with E-state index < -0.39 is 0 Å². The standard InChI is InChI=1S/C22H10N4O2/c23-11-15-1-3-21(9-17(15)13-25)27-19-5-7-20(8-6-19)28-22-4-2-16(12-24)18(10-22)14-26/h1-10H. The van der Waals surface area contributed by atoms with Gasteiger partial charge in [-0.3, -0.25) is 0 Å². The molecular formula is C22H10N4O2. The average Bonchev–Trinajstić information content (AvgIpc) is 2.74. The Balaban J connectivity index is 1.74. The summed E-state index contributed by atoms with van der Waals surface area (Å²) < 4.78 is 11.4. The zero-order valence-electron chi connectivity index (χ0n) is 14.4. The topological polar surface area (TPSA) is 114 Å². The average molecular weight is 362 g/mol. The second-order valence-corrected chi connectivity index (χ2v) is 5.54. The predicted octanol–water partition coefficient (Wildman–Crippen LogP) is 4.76. The van der Waals surface area contributed by atoms with Gasteiger partial charge < -0.3 is 9.47 Å². The van der Waals surface area contributed by atoms with Crippen LogP contribution in [0.2, 0.25) is 0 Å². The van der Waals surface area contributed by atoms with Gasteiger partial charge in [0.1, 0.15) is 47.3 Å². The van der Waals surface area contributed by atoms with Gasteiger partial charge in [-0.1, -0.05) is 0 Å². The third-order valence-corrected chi connectivity index (χ3v) is 3.76. The smallest absolute Gasteiger partial charge is 0.128 e. The van der Waals surface area contributed by atoms with Crippen LogP contribution in [0.1, 0.15) is 22.3 Å². The van der Waals surface area contributed by atoms with Gasteiger partial charge in [-0.2, -0.15) is 21.0 Å². The van der Waals surface area contributed by atoms with E-state index in [2.05, 4.69) is 0 Å². The molecule has 6 nitrogen and oxygen atoms in total. The van der Waals surface area contributed by atoms with Gasteiger partial charge in [0, 0.05) is 0 Å². The first kappa shape index (κ1) is 18.0. The van der Waals surface area contributed by atoms with Crippen molar-refractivity contribution in [3.8, 4) is 47.3 Å². The molecule has 0 atom stereocenters. The van der Waals surface area contributed by atoms with E-state index in [0.29, 0.717) is 23.0 Å². The molecule has 0 N–H and O–H groups in total. The van der Waals surface area contributed by atoms with Gasteiger partial charge >= 0.3 is 0 Å². The lowest BCUT2D eigenvalue weighted by Crippen LogP contribution is -1.90. The maximum Gasteiger partial charge on any atom is 0.128 e. The van der Waals surface area contributed by atoms with Gasteiger partial charge in [0.05, 0.1) is 22.3 Å². The van der Waals surface area contributed by atoms with Gasteiger partial charge in [-0.15, -0.1) is 0 Å². The van der Waals surface area contributed by atoms with Crippen LogP contribution >= 0.6 is 0 Å². The van der Waals surface area contributed by atoms with Crippen LogP contribution in [0, 0.1) is 45.3 Å². The number of rotatable bonds is 4. The van der Waals surface area contributed by atoms with Crippen LogP contribution in [-0.4, -0.2) is 0 Å². The molecule has 0 bridgehead atoms. The molecule has 0 aromatic heterocycles. The summed E-state index contributed by atoms with van der Waals surface area (Å²) in [5.41, 5.74) is 1.07. The lowest BCUT2D eigenvalue weighted by molar-refractivity contribution is 0.469. The molecule has 6 heteroatoms. The lowest BCUT2D eigenvalue weighted by Gasteiger charge is -2.09. The Kier molecular flexibility index (Phi) is 5.19. The fraction of sp³-hybridized carbons (Fsp3) is 0. The van der Waals surface area contributed by atoms with E-state index in [1.807, 2.05) is 24.3 Å². The molecule has 0 saturated heterocycles. The Hall–Kier alpha value is -4.78. The molecule has 0 spiro atoms. The largest absolute Gasteiger partial charge is 0.457 e. The highest BCUT2D eigenvalue weighted by Gasteiger charge is 2.07. The van der Waals surface area contributed by atoms with Crippen LogP contribution in [0.5, 0.6) is 23.0 Å². The molecule has 3 rings (SSSR count). The molecule has 0 heterocycles. The van der Waals surface area contributed by atoms with Crippen molar-refractivity contribution in [3.63, 3.8) is 0 Å². The van der Waals surface area contributed by atoms with Crippen LogP contribution in [-0.2, 0) is 0 Å². The summed E-state index contributed by atoms with van der Waals surface area (Å²) in [6.45, 7) is 0. The first-order chi connectivity index (χ1) is 13.7. The third-order valence-electron chi connectivity index (χ3n) is 3.76. The Bertz CT molecular complexity index is 1110. The summed E-state index contributed by atoms with van der Waals surface area (Å²) in [5, 5.41) is 36.1. The van der Waals surface area contributed by atoms with E-state index in [0.717, 1.165) is 0 Å². The molecule has 3 aromatic rings. The molecule has 0 aliphatic carbocycles. The fourth-order valence-corrected chi connectivity index (χ4v) is 2.40. The molecule has 0 saturated carbocycles. The second-order valence-electron chi connectivity index (χ2n) is 5.54. The zero-order chi connectivity index (χ0) is 19.9. The SMILES string of the molecule is N#Cc1ccc(Oc2ccc(Oc3ccc(C#N)c(C#N)c3)cc2)cc1C#N. The quantitative estimate of drug-likeness (QED) is 0.661. The molecular weight excluding hydrogens is 352 g/mol. The molecule has 3 aromatic carbocycles. The summed E-state index contributed by atoms with van der Waals surface area (Å²) in [6.07, 6.45) is 0. The van der Waals surface area contributed by atoms with Crippen LogP contribution in [0.4, 0.5) is 0 Å². The maximum atomic E-state index is 9.08. The monoisotopic (exact) mass is 362 g/mol. The summed E-state index contributed by atoms with van der Waals surface area (Å²) in [6, 6.07) is 23.9. The summed E-state index contributed by atoms with van der Waals surface area (Å²) >= 11 is 0. The van der Waals surface area contributed by atoms with E-state index in [1.54, 1.807) is 36.4 Å². The minimum Gasteiger partial charge on any atom is -0.457 e. The number of nitriles is 4. The van der Waals surface area contributed by atoms with Crippen molar-refractivity contribution in [3.05, 3.63) is 82.9 Å². The molecule has 0 radical (unpaired) electrons. The highest BCUT2D eigenvalue weighted by atomic mass is 16.5. The fourth-order valence-electron chi connectivity index (χ4n) is 2.40. The van der Waals surface area contributed by atoms with Crippen LogP contribution in [0.15, 0.2) is 60.7 Å². The van der Waals surface area contributed by atoms with Gasteiger partial charge in [-0.05, 0) is 60.7 Å². The van der Waals surface area contributed by atoms with E-state index >= 15 is 0 Å². The van der Waals surface area contributed by atoms with Crippen molar-refractivity contribution < 1.29 is 9.47 Å². The summed E-state index contributed by atoms with van der Waals surface area (Å²) in [7, 11) is 0. The Labute approximate surface area is 161 Å². The molecule has 0 fully saturated rings. The van der Waals surface area contributed by atoms with Crippen LogP contribution in [0.25, 0.3) is 0 Å². The van der Waals surface area contributed by atoms with Gasteiger partial charge in [-0.25, -0.2) is 0 Å². The second kappa shape index (κ2) is 8.07. The van der Waals surface area contributed by atoms with Crippen molar-refractivity contribution in [2.75, 3.05) is 0 Å². The van der Waals surface area contributed by atoms with Crippen LogP contribution < -0.4 is 9.47 Å². The number of nitrogens with zero attached hydrogens (tertiary/aromatic N) is 4. The van der Waals surface area contributed by atoms with Crippen LogP contribution in [0.3, 0.4) is 0 Å². The van der Waals surface area contributed by atoms with E-state index in [4.69, 9.17) is 30.5 Å². The highest BCUT2D eigenvalue weighted by molar-refractivity contribution is 5.51. The Morgan fingerprint density at radius 1 is 0.429 bits per heavy atom. The summed E-state index contributed by atoms with van der Waals surface area (Å²) in [4.78, 5) is 0. The molecule has 28 heavy (non-hydrogen) atoms. The van der Waals surface area contributed by atoms with Crippen molar-refractivity contribution in [2.45, 2.75) is 0 Å². The van der Waals surface area contributed by atoms with Crippen molar-refractivity contribution in [1.82, 2.24) is 0 Å². The Morgan fingerprint density at radius 3 is 1.07 bits per heavy atom. The first-order valence-corrected chi connectivity index (χ1v) is 8.01. The number of ether oxygens (including phenoxy) is 2. The lowest BCUT2D eigenvalue weighted by atomic mass is 10.1. The molecule has 130 valence electrons. The Morgan fingerprint density at radius 2 is 0.750 bits per heavy atom. The molecule has 0 aliphatic rings. The first-order valence-electron chi connectivity index (χ1n) is 8.01. The summed E-state index contributed by atoms with van der Waals surface area (Å²) in [5.74, 6) is 1.93. The van der Waals surface area contributed by atoms with Gasteiger partial charge in [0.25, 0.3) is 0 Å². The normalized spacial score (nSPS) is 9.29. The van der Waals surface area contributed by atoms with Crippen molar-refractivity contribution in [1.29, 1.82) is 21.0 Å². The van der Waals surface area contributed by atoms with Crippen molar-refractivity contribution in [2.24, 2.45) is 0 Å².